The fraction of sp³-hybridized carbons (Fsp3) is 0.385. The summed E-state index contributed by atoms with van der Waals surface area (Å²) in [7, 11) is 3.27. The van der Waals surface area contributed by atoms with E-state index in [0.29, 0.717) is 30.9 Å². The minimum Gasteiger partial charge on any atom is -0.496 e. The highest BCUT2D eigenvalue weighted by atomic mass is 16.5. The third-order valence-electron chi connectivity index (χ3n) is 3.19. The van der Waals surface area contributed by atoms with Crippen molar-refractivity contribution in [1.29, 1.82) is 0 Å². The Bertz CT molecular complexity index is 515. The molecule has 1 fully saturated rings. The number of benzene rings is 1. The molecule has 2 rings (SSSR count). The summed E-state index contributed by atoms with van der Waals surface area (Å²) in [6.45, 7) is 1.67. The predicted molar refractivity (Wildman–Crippen MR) is 68.4 cm³/mol. The van der Waals surface area contributed by atoms with E-state index >= 15 is 0 Å². The van der Waals surface area contributed by atoms with E-state index in [0.717, 1.165) is 0 Å². The Morgan fingerprint density at radius 1 is 1.42 bits per heavy atom. The number of methoxy groups -OCH3 is 1. The van der Waals surface area contributed by atoms with Crippen molar-refractivity contribution in [3.8, 4) is 5.75 Å². The van der Waals surface area contributed by atoms with Gasteiger partial charge in [-0.3, -0.25) is 0 Å². The number of carboxylic acid groups (broad SMARTS) is 1. The number of hydrogen-bond donors (Lipinski definition) is 1. The third-order valence-corrected chi connectivity index (χ3v) is 3.19. The standard InChI is InChI=1S/C13H16N2O4/c1-14-5-6-15(13(14)18)8-10-7-9(12(16)17)3-4-11(10)19-2/h3-4,7H,5-6,8H2,1-2H3,(H,16,17). The largest absolute Gasteiger partial charge is 0.496 e. The number of carbonyl (C=O) groups is 2. The number of amides is 2. The molecule has 0 unspecified atom stereocenters. The lowest BCUT2D eigenvalue weighted by Crippen LogP contribution is -2.29. The molecule has 0 spiro atoms. The van der Waals surface area contributed by atoms with Crippen LogP contribution in [0.3, 0.4) is 0 Å². The Hall–Kier alpha value is -2.24. The molecule has 0 aromatic heterocycles. The number of ether oxygens (including phenoxy) is 1. The number of carboxylic acids is 1. The topological polar surface area (TPSA) is 70.1 Å². The number of likely N-dealkylation sites (N-methyl/N-ethyl adjacent to an activating group) is 1. The summed E-state index contributed by atoms with van der Waals surface area (Å²) in [5.41, 5.74) is 0.891. The van der Waals surface area contributed by atoms with Crippen LogP contribution < -0.4 is 4.74 Å². The fourth-order valence-corrected chi connectivity index (χ4v) is 2.09. The highest BCUT2D eigenvalue weighted by molar-refractivity contribution is 5.88. The summed E-state index contributed by atoms with van der Waals surface area (Å²) in [5.74, 6) is -0.402. The van der Waals surface area contributed by atoms with Crippen molar-refractivity contribution >= 4 is 12.0 Å². The van der Waals surface area contributed by atoms with Crippen LogP contribution in [-0.4, -0.2) is 54.2 Å². The van der Waals surface area contributed by atoms with Crippen LogP contribution in [0.4, 0.5) is 4.79 Å². The maximum atomic E-state index is 11.8. The van der Waals surface area contributed by atoms with Crippen molar-refractivity contribution < 1.29 is 19.4 Å². The number of nitrogens with zero attached hydrogens (tertiary/aromatic N) is 2. The lowest BCUT2D eigenvalue weighted by atomic mass is 10.1. The Morgan fingerprint density at radius 2 is 2.16 bits per heavy atom. The molecule has 1 aromatic carbocycles. The van der Waals surface area contributed by atoms with Crippen LogP contribution in [0.2, 0.25) is 0 Å². The first-order chi connectivity index (χ1) is 9.02. The second kappa shape index (κ2) is 5.17. The molecule has 0 saturated carbocycles. The van der Waals surface area contributed by atoms with E-state index in [4.69, 9.17) is 9.84 Å². The highest BCUT2D eigenvalue weighted by Crippen LogP contribution is 2.23. The molecule has 0 atom stereocenters. The van der Waals surface area contributed by atoms with Crippen molar-refractivity contribution in [2.75, 3.05) is 27.2 Å². The Morgan fingerprint density at radius 3 is 2.68 bits per heavy atom. The summed E-state index contributed by atoms with van der Waals surface area (Å²) in [6, 6.07) is 4.60. The Kier molecular flexibility index (Phi) is 3.59. The van der Waals surface area contributed by atoms with Gasteiger partial charge in [-0.15, -0.1) is 0 Å². The molecule has 1 aliphatic heterocycles. The van der Waals surface area contributed by atoms with Crippen molar-refractivity contribution in [2.45, 2.75) is 6.54 Å². The van der Waals surface area contributed by atoms with Crippen molar-refractivity contribution in [3.63, 3.8) is 0 Å². The van der Waals surface area contributed by atoms with Gasteiger partial charge < -0.3 is 19.6 Å². The van der Waals surface area contributed by atoms with E-state index in [1.807, 2.05) is 0 Å². The van der Waals surface area contributed by atoms with Crippen LogP contribution in [0.15, 0.2) is 18.2 Å². The van der Waals surface area contributed by atoms with Gasteiger partial charge in [-0.05, 0) is 18.2 Å². The van der Waals surface area contributed by atoms with Gasteiger partial charge in [0.1, 0.15) is 5.75 Å². The van der Waals surface area contributed by atoms with Gasteiger partial charge >= 0.3 is 12.0 Å². The van der Waals surface area contributed by atoms with Crippen LogP contribution in [0.1, 0.15) is 15.9 Å². The van der Waals surface area contributed by atoms with Gasteiger partial charge in [0, 0.05) is 25.7 Å². The number of aromatic carboxylic acids is 1. The number of carbonyl (C=O) groups excluding carboxylic acids is 1. The molecule has 0 bridgehead atoms. The molecule has 0 aliphatic carbocycles. The van der Waals surface area contributed by atoms with Crippen molar-refractivity contribution in [3.05, 3.63) is 29.3 Å². The van der Waals surface area contributed by atoms with E-state index in [1.54, 1.807) is 29.0 Å². The van der Waals surface area contributed by atoms with E-state index in [1.165, 1.54) is 13.2 Å². The second-order valence-corrected chi connectivity index (χ2v) is 4.46. The normalized spacial score (nSPS) is 14.9. The van der Waals surface area contributed by atoms with Crippen LogP contribution in [0.25, 0.3) is 0 Å². The molecule has 1 saturated heterocycles. The van der Waals surface area contributed by atoms with E-state index in [-0.39, 0.29) is 11.6 Å². The average Bonchev–Trinajstić information content (AvgIpc) is 2.70. The summed E-state index contributed by atoms with van der Waals surface area (Å²) >= 11 is 0. The molecule has 1 aliphatic rings. The fourth-order valence-electron chi connectivity index (χ4n) is 2.09. The van der Waals surface area contributed by atoms with E-state index in [9.17, 15) is 9.59 Å². The lowest BCUT2D eigenvalue weighted by Gasteiger charge is -2.18. The Balaban J connectivity index is 2.25. The SMILES string of the molecule is COc1ccc(C(=O)O)cc1CN1CCN(C)C1=O. The van der Waals surface area contributed by atoms with E-state index in [2.05, 4.69) is 0 Å². The van der Waals surface area contributed by atoms with Crippen molar-refractivity contribution in [2.24, 2.45) is 0 Å². The predicted octanol–water partition coefficient (Wildman–Crippen LogP) is 1.26. The van der Waals surface area contributed by atoms with Gasteiger partial charge in [-0.25, -0.2) is 9.59 Å². The Labute approximate surface area is 111 Å². The summed E-state index contributed by atoms with van der Waals surface area (Å²) < 4.78 is 5.21. The highest BCUT2D eigenvalue weighted by Gasteiger charge is 2.26. The number of hydrogen-bond acceptors (Lipinski definition) is 3. The molecule has 1 aromatic rings. The molecule has 19 heavy (non-hydrogen) atoms. The lowest BCUT2D eigenvalue weighted by molar-refractivity contribution is 0.0696. The van der Waals surface area contributed by atoms with E-state index < -0.39 is 5.97 Å². The molecule has 1 heterocycles. The van der Waals surface area contributed by atoms with Gasteiger partial charge in [0.25, 0.3) is 0 Å². The first-order valence-corrected chi connectivity index (χ1v) is 5.93. The molecular formula is C13H16N2O4. The van der Waals surface area contributed by atoms with Gasteiger partial charge in [0.05, 0.1) is 19.2 Å². The molecule has 102 valence electrons. The first kappa shape index (κ1) is 13.2. The summed E-state index contributed by atoms with van der Waals surface area (Å²) in [6.07, 6.45) is 0. The quantitative estimate of drug-likeness (QED) is 0.888. The zero-order valence-electron chi connectivity index (χ0n) is 10.9. The molecule has 0 radical (unpaired) electrons. The van der Waals surface area contributed by atoms with Crippen LogP contribution in [-0.2, 0) is 6.54 Å². The molecular weight excluding hydrogens is 248 g/mol. The maximum Gasteiger partial charge on any atom is 0.335 e. The minimum atomic E-state index is -0.992. The van der Waals surface area contributed by atoms with Gasteiger partial charge in [-0.1, -0.05) is 0 Å². The molecule has 1 N–H and O–H groups in total. The van der Waals surface area contributed by atoms with Crippen molar-refractivity contribution in [1.82, 2.24) is 9.80 Å². The number of rotatable bonds is 4. The van der Waals surface area contributed by atoms with Crippen LogP contribution in [0, 0.1) is 0 Å². The zero-order chi connectivity index (χ0) is 14.0. The summed E-state index contributed by atoms with van der Waals surface area (Å²) in [4.78, 5) is 26.1. The minimum absolute atomic E-state index is 0.0530. The number of urea groups is 1. The zero-order valence-corrected chi connectivity index (χ0v) is 10.9. The average molecular weight is 264 g/mol. The monoisotopic (exact) mass is 264 g/mol. The second-order valence-electron chi connectivity index (χ2n) is 4.46. The molecule has 2 amide bonds. The molecule has 6 nitrogen and oxygen atoms in total. The summed E-state index contributed by atoms with van der Waals surface area (Å²) in [5, 5.41) is 9.00. The molecule has 6 heteroatoms. The van der Waals surface area contributed by atoms with Gasteiger partial charge in [0.15, 0.2) is 0 Å². The van der Waals surface area contributed by atoms with Gasteiger partial charge in [-0.2, -0.15) is 0 Å². The van der Waals surface area contributed by atoms with Crippen LogP contribution >= 0.6 is 0 Å². The van der Waals surface area contributed by atoms with Crippen LogP contribution in [0.5, 0.6) is 5.75 Å². The smallest absolute Gasteiger partial charge is 0.335 e. The van der Waals surface area contributed by atoms with Gasteiger partial charge in [0.2, 0.25) is 0 Å². The maximum absolute atomic E-state index is 11.8. The first-order valence-electron chi connectivity index (χ1n) is 5.93. The third kappa shape index (κ3) is 2.62.